The van der Waals surface area contributed by atoms with E-state index >= 15 is 0 Å². The molecule has 1 aromatic carbocycles. The van der Waals surface area contributed by atoms with Gasteiger partial charge in [0, 0.05) is 6.54 Å². The van der Waals surface area contributed by atoms with Crippen LogP contribution in [-0.4, -0.2) is 20.8 Å². The fourth-order valence-corrected chi connectivity index (χ4v) is 2.28. The lowest BCUT2D eigenvalue weighted by molar-refractivity contribution is 0.353. The van der Waals surface area contributed by atoms with Gasteiger partial charge in [-0.3, -0.25) is 0 Å². The van der Waals surface area contributed by atoms with Crippen LogP contribution in [0.25, 0.3) is 0 Å². The molecule has 0 amide bonds. The van der Waals surface area contributed by atoms with Crippen LogP contribution in [0.4, 0.5) is 0 Å². The number of nitrogens with one attached hydrogen (secondary N) is 1. The van der Waals surface area contributed by atoms with Crippen LogP contribution in [0.1, 0.15) is 24.1 Å². The summed E-state index contributed by atoms with van der Waals surface area (Å²) in [6, 6.07) is 4.44. The highest BCUT2D eigenvalue weighted by molar-refractivity contribution is 5.50. The van der Waals surface area contributed by atoms with E-state index in [1.165, 1.54) is 11.1 Å². The lowest BCUT2D eigenvalue weighted by Gasteiger charge is -2.26. The molecule has 92 valence electrons. The molecule has 1 aliphatic heterocycles. The van der Waals surface area contributed by atoms with E-state index in [1.54, 1.807) is 14.2 Å². The molecular weight excluding hydrogens is 214 g/mol. The second kappa shape index (κ2) is 5.23. The van der Waals surface area contributed by atoms with E-state index in [2.05, 4.69) is 29.6 Å². The Hall–Kier alpha value is -1.48. The molecule has 1 heterocycles. The van der Waals surface area contributed by atoms with Gasteiger partial charge in [0.2, 0.25) is 0 Å². The number of allylic oxidation sites excluding steroid dienone is 1. The van der Waals surface area contributed by atoms with Gasteiger partial charge in [-0.1, -0.05) is 12.2 Å². The Balaban J connectivity index is 2.46. The van der Waals surface area contributed by atoms with Crippen molar-refractivity contribution >= 4 is 0 Å². The van der Waals surface area contributed by atoms with Gasteiger partial charge in [0.15, 0.2) is 11.5 Å². The zero-order valence-electron chi connectivity index (χ0n) is 10.6. The summed E-state index contributed by atoms with van der Waals surface area (Å²) in [5, 5.41) is 3.48. The fraction of sp³-hybridized carbons (Fsp3) is 0.429. The van der Waals surface area contributed by atoms with Crippen LogP contribution in [0.15, 0.2) is 24.3 Å². The summed E-state index contributed by atoms with van der Waals surface area (Å²) < 4.78 is 10.7. The second-order valence-electron chi connectivity index (χ2n) is 4.11. The molecule has 17 heavy (non-hydrogen) atoms. The van der Waals surface area contributed by atoms with E-state index in [1.807, 2.05) is 6.92 Å². The summed E-state index contributed by atoms with van der Waals surface area (Å²) in [5.74, 6) is 1.61. The second-order valence-corrected chi connectivity index (χ2v) is 4.11. The molecule has 0 saturated carbocycles. The Kier molecular flexibility index (Phi) is 3.69. The highest BCUT2D eigenvalue weighted by Crippen LogP contribution is 2.35. The van der Waals surface area contributed by atoms with Gasteiger partial charge in [-0.2, -0.15) is 0 Å². The molecule has 0 bridgehead atoms. The zero-order chi connectivity index (χ0) is 12.3. The van der Waals surface area contributed by atoms with Crippen molar-refractivity contribution < 1.29 is 9.47 Å². The van der Waals surface area contributed by atoms with Crippen molar-refractivity contribution in [2.75, 3.05) is 20.8 Å². The molecule has 0 spiro atoms. The molecule has 0 unspecified atom stereocenters. The van der Waals surface area contributed by atoms with Crippen LogP contribution in [0.3, 0.4) is 0 Å². The van der Waals surface area contributed by atoms with Crippen molar-refractivity contribution in [3.63, 3.8) is 0 Å². The quantitative estimate of drug-likeness (QED) is 0.813. The first-order valence-corrected chi connectivity index (χ1v) is 5.91. The lowest BCUT2D eigenvalue weighted by Crippen LogP contribution is -2.28. The minimum Gasteiger partial charge on any atom is -0.493 e. The Morgan fingerprint density at radius 3 is 2.59 bits per heavy atom. The van der Waals surface area contributed by atoms with Crippen molar-refractivity contribution in [1.82, 2.24) is 5.32 Å². The van der Waals surface area contributed by atoms with Gasteiger partial charge in [-0.05, 0) is 36.6 Å². The Morgan fingerprint density at radius 1 is 1.24 bits per heavy atom. The van der Waals surface area contributed by atoms with Crippen molar-refractivity contribution in [2.45, 2.75) is 19.4 Å². The molecule has 0 aromatic heterocycles. The molecule has 2 rings (SSSR count). The number of hydrogen-bond acceptors (Lipinski definition) is 3. The highest BCUT2D eigenvalue weighted by Gasteiger charge is 2.20. The molecule has 0 saturated heterocycles. The van der Waals surface area contributed by atoms with Crippen molar-refractivity contribution in [2.24, 2.45) is 0 Å². The summed E-state index contributed by atoms with van der Waals surface area (Å²) in [6.07, 6.45) is 5.27. The average molecular weight is 233 g/mol. The Morgan fingerprint density at radius 2 is 1.94 bits per heavy atom. The van der Waals surface area contributed by atoms with Gasteiger partial charge in [-0.25, -0.2) is 0 Å². The number of fused-ring (bicyclic) bond motifs is 1. The zero-order valence-corrected chi connectivity index (χ0v) is 10.6. The summed E-state index contributed by atoms with van der Waals surface area (Å²) >= 11 is 0. The van der Waals surface area contributed by atoms with Crippen molar-refractivity contribution in [3.05, 3.63) is 35.4 Å². The van der Waals surface area contributed by atoms with Crippen LogP contribution in [0.2, 0.25) is 0 Å². The first-order valence-electron chi connectivity index (χ1n) is 5.91. The molecule has 0 aliphatic carbocycles. The Labute approximate surface area is 102 Å². The third-order valence-electron chi connectivity index (χ3n) is 3.12. The van der Waals surface area contributed by atoms with Crippen LogP contribution in [0, 0.1) is 0 Å². The molecule has 1 aromatic rings. The maximum atomic E-state index is 5.35. The van der Waals surface area contributed by atoms with Gasteiger partial charge in [-0.15, -0.1) is 0 Å². The molecule has 0 fully saturated rings. The van der Waals surface area contributed by atoms with Gasteiger partial charge in [0.25, 0.3) is 0 Å². The first kappa shape index (κ1) is 12.0. The van der Waals surface area contributed by atoms with Crippen LogP contribution in [-0.2, 0) is 6.42 Å². The number of methoxy groups -OCH3 is 2. The number of ether oxygens (including phenoxy) is 2. The smallest absolute Gasteiger partial charge is 0.161 e. The van der Waals surface area contributed by atoms with E-state index in [0.29, 0.717) is 0 Å². The third-order valence-corrected chi connectivity index (χ3v) is 3.12. The highest BCUT2D eigenvalue weighted by atomic mass is 16.5. The largest absolute Gasteiger partial charge is 0.493 e. The fourth-order valence-electron chi connectivity index (χ4n) is 2.28. The van der Waals surface area contributed by atoms with Gasteiger partial charge in [0.1, 0.15) is 0 Å². The van der Waals surface area contributed by atoms with E-state index < -0.39 is 0 Å². The Bertz CT molecular complexity index is 426. The van der Waals surface area contributed by atoms with Gasteiger partial charge < -0.3 is 14.8 Å². The van der Waals surface area contributed by atoms with Crippen molar-refractivity contribution in [1.29, 1.82) is 0 Å². The molecule has 3 heteroatoms. The SMILES string of the molecule is C/C=C/[C@H]1NCCc2cc(OC)c(OC)cc21. The van der Waals surface area contributed by atoms with E-state index in [-0.39, 0.29) is 6.04 Å². The van der Waals surface area contributed by atoms with E-state index in [9.17, 15) is 0 Å². The molecule has 1 N–H and O–H groups in total. The molecular formula is C14H19NO2. The maximum Gasteiger partial charge on any atom is 0.161 e. The molecule has 0 radical (unpaired) electrons. The number of hydrogen-bond donors (Lipinski definition) is 1. The molecule has 1 aliphatic rings. The topological polar surface area (TPSA) is 30.5 Å². The van der Waals surface area contributed by atoms with E-state index in [4.69, 9.17) is 9.47 Å². The lowest BCUT2D eigenvalue weighted by atomic mass is 9.93. The molecule has 3 nitrogen and oxygen atoms in total. The van der Waals surface area contributed by atoms with Gasteiger partial charge in [0.05, 0.1) is 20.3 Å². The summed E-state index contributed by atoms with van der Waals surface area (Å²) in [4.78, 5) is 0. The van der Waals surface area contributed by atoms with Crippen LogP contribution >= 0.6 is 0 Å². The number of benzene rings is 1. The minimum atomic E-state index is 0.281. The van der Waals surface area contributed by atoms with Crippen LogP contribution in [0.5, 0.6) is 11.5 Å². The maximum absolute atomic E-state index is 5.35. The molecule has 1 atom stereocenters. The predicted octanol–water partition coefficient (Wildman–Crippen LogP) is 2.47. The monoisotopic (exact) mass is 233 g/mol. The summed E-state index contributed by atoms with van der Waals surface area (Å²) in [5.41, 5.74) is 2.62. The number of rotatable bonds is 3. The average Bonchev–Trinajstić information content (AvgIpc) is 2.38. The minimum absolute atomic E-state index is 0.281. The first-order chi connectivity index (χ1) is 8.30. The summed E-state index contributed by atoms with van der Waals surface area (Å²) in [7, 11) is 3.35. The predicted molar refractivity (Wildman–Crippen MR) is 68.8 cm³/mol. The normalized spacial score (nSPS) is 19.1. The van der Waals surface area contributed by atoms with Crippen molar-refractivity contribution in [3.8, 4) is 11.5 Å². The third kappa shape index (κ3) is 2.29. The summed E-state index contributed by atoms with van der Waals surface area (Å²) in [6.45, 7) is 3.04. The van der Waals surface area contributed by atoms with E-state index in [0.717, 1.165) is 24.5 Å². The standard InChI is InChI=1S/C14H19NO2/c1-4-5-12-11-9-14(17-3)13(16-2)8-10(11)6-7-15-12/h4-5,8-9,12,15H,6-7H2,1-3H3/b5-4+/t12-/m1/s1. The van der Waals surface area contributed by atoms with Gasteiger partial charge >= 0.3 is 0 Å². The van der Waals surface area contributed by atoms with Crippen LogP contribution < -0.4 is 14.8 Å².